The molecule has 0 amide bonds. The molecule has 3 aromatic carbocycles. The van der Waals surface area contributed by atoms with Crippen LogP contribution in [0.4, 0.5) is 5.69 Å². The van der Waals surface area contributed by atoms with E-state index in [1.54, 1.807) is 12.1 Å². The molecule has 6 nitrogen and oxygen atoms in total. The standard InChI is InChI=1S/C17H16N2O4S2/c1-18-24(20,21)14-8-5-9-15(12-14)25(22,23)19-17-11-4-7-13-6-2-3-10-16(13)17/h2-12,18-19H,1H3. The largest absolute Gasteiger partial charge is 0.279 e. The first-order chi connectivity index (χ1) is 11.8. The van der Waals surface area contributed by atoms with Crippen molar-refractivity contribution < 1.29 is 16.8 Å². The SMILES string of the molecule is CNS(=O)(=O)c1cccc(S(=O)(=O)Nc2cccc3ccccc23)c1. The molecule has 130 valence electrons. The Kier molecular flexibility index (Phi) is 4.51. The van der Waals surface area contributed by atoms with E-state index in [4.69, 9.17) is 0 Å². The molecule has 0 radical (unpaired) electrons. The van der Waals surface area contributed by atoms with Crippen LogP contribution in [0, 0.1) is 0 Å². The summed E-state index contributed by atoms with van der Waals surface area (Å²) in [6.45, 7) is 0. The molecule has 0 aromatic heterocycles. The van der Waals surface area contributed by atoms with Crippen LogP contribution in [-0.2, 0) is 20.0 Å². The minimum absolute atomic E-state index is 0.115. The van der Waals surface area contributed by atoms with Gasteiger partial charge in [-0.15, -0.1) is 0 Å². The molecule has 0 aliphatic rings. The Labute approximate surface area is 146 Å². The van der Waals surface area contributed by atoms with Crippen LogP contribution in [0.3, 0.4) is 0 Å². The normalized spacial score (nSPS) is 12.2. The topological polar surface area (TPSA) is 92.3 Å². The van der Waals surface area contributed by atoms with Gasteiger partial charge in [-0.2, -0.15) is 0 Å². The van der Waals surface area contributed by atoms with Crippen molar-refractivity contribution in [3.05, 3.63) is 66.7 Å². The molecule has 0 aliphatic heterocycles. The summed E-state index contributed by atoms with van der Waals surface area (Å²) in [6.07, 6.45) is 0. The number of hydrogen-bond acceptors (Lipinski definition) is 4. The molecule has 0 saturated heterocycles. The van der Waals surface area contributed by atoms with E-state index in [1.165, 1.54) is 25.2 Å². The summed E-state index contributed by atoms with van der Waals surface area (Å²) in [5, 5.41) is 1.65. The number of fused-ring (bicyclic) bond motifs is 1. The Balaban J connectivity index is 2.04. The van der Waals surface area contributed by atoms with Crippen molar-refractivity contribution in [1.82, 2.24) is 4.72 Å². The van der Waals surface area contributed by atoms with Crippen molar-refractivity contribution in [1.29, 1.82) is 0 Å². The van der Waals surface area contributed by atoms with Gasteiger partial charge in [0.2, 0.25) is 10.0 Å². The molecular formula is C17H16N2O4S2. The van der Waals surface area contributed by atoms with Crippen LogP contribution in [0.5, 0.6) is 0 Å². The van der Waals surface area contributed by atoms with Gasteiger partial charge in [-0.05, 0) is 36.7 Å². The summed E-state index contributed by atoms with van der Waals surface area (Å²) in [7, 11) is -6.40. The highest BCUT2D eigenvalue weighted by molar-refractivity contribution is 7.93. The molecule has 0 bridgehead atoms. The predicted octanol–water partition coefficient (Wildman–Crippen LogP) is 2.55. The number of nitrogens with one attached hydrogen (secondary N) is 2. The van der Waals surface area contributed by atoms with Gasteiger partial charge in [0.15, 0.2) is 0 Å². The average Bonchev–Trinajstić information content (AvgIpc) is 2.62. The lowest BCUT2D eigenvalue weighted by atomic mass is 10.1. The highest BCUT2D eigenvalue weighted by Crippen LogP contribution is 2.26. The van der Waals surface area contributed by atoms with Crippen molar-refractivity contribution in [2.75, 3.05) is 11.8 Å². The smallest absolute Gasteiger partial charge is 0.261 e. The first-order valence-electron chi connectivity index (χ1n) is 7.38. The molecule has 0 saturated carbocycles. The molecule has 0 spiro atoms. The third-order valence-electron chi connectivity index (χ3n) is 3.73. The molecule has 3 aromatic rings. The maximum Gasteiger partial charge on any atom is 0.261 e. The van der Waals surface area contributed by atoms with Gasteiger partial charge in [-0.25, -0.2) is 21.6 Å². The fourth-order valence-electron chi connectivity index (χ4n) is 2.44. The molecule has 8 heteroatoms. The van der Waals surface area contributed by atoms with E-state index in [2.05, 4.69) is 9.44 Å². The minimum Gasteiger partial charge on any atom is -0.279 e. The van der Waals surface area contributed by atoms with E-state index in [0.717, 1.165) is 16.8 Å². The average molecular weight is 376 g/mol. The van der Waals surface area contributed by atoms with Crippen molar-refractivity contribution in [2.24, 2.45) is 0 Å². The first kappa shape index (κ1) is 17.4. The van der Waals surface area contributed by atoms with Crippen molar-refractivity contribution in [2.45, 2.75) is 9.79 Å². The van der Waals surface area contributed by atoms with Crippen LogP contribution in [0.15, 0.2) is 76.5 Å². The van der Waals surface area contributed by atoms with Crippen molar-refractivity contribution in [3.8, 4) is 0 Å². The van der Waals surface area contributed by atoms with Crippen molar-refractivity contribution >= 4 is 36.5 Å². The van der Waals surface area contributed by atoms with Gasteiger partial charge in [0.1, 0.15) is 0 Å². The van der Waals surface area contributed by atoms with Gasteiger partial charge in [0, 0.05) is 5.39 Å². The zero-order chi connectivity index (χ0) is 18.1. The predicted molar refractivity (Wildman–Crippen MR) is 97.4 cm³/mol. The van der Waals surface area contributed by atoms with Gasteiger partial charge in [-0.3, -0.25) is 4.72 Å². The molecule has 0 fully saturated rings. The maximum absolute atomic E-state index is 12.7. The van der Waals surface area contributed by atoms with Crippen LogP contribution < -0.4 is 9.44 Å². The second-order valence-electron chi connectivity index (χ2n) is 5.31. The molecule has 0 aliphatic carbocycles. The quantitative estimate of drug-likeness (QED) is 0.716. The Morgan fingerprint density at radius 2 is 1.32 bits per heavy atom. The third kappa shape index (κ3) is 3.51. The Morgan fingerprint density at radius 1 is 0.720 bits per heavy atom. The van der Waals surface area contributed by atoms with E-state index >= 15 is 0 Å². The monoisotopic (exact) mass is 376 g/mol. The highest BCUT2D eigenvalue weighted by atomic mass is 32.2. The maximum atomic E-state index is 12.7. The van der Waals surface area contributed by atoms with E-state index < -0.39 is 20.0 Å². The van der Waals surface area contributed by atoms with E-state index in [0.29, 0.717) is 5.69 Å². The molecule has 2 N–H and O–H groups in total. The van der Waals surface area contributed by atoms with E-state index in [9.17, 15) is 16.8 Å². The Bertz CT molecular complexity index is 1130. The van der Waals surface area contributed by atoms with Gasteiger partial charge in [-0.1, -0.05) is 42.5 Å². The number of anilines is 1. The molecule has 0 atom stereocenters. The van der Waals surface area contributed by atoms with E-state index in [-0.39, 0.29) is 9.79 Å². The zero-order valence-electron chi connectivity index (χ0n) is 13.3. The van der Waals surface area contributed by atoms with Gasteiger partial charge >= 0.3 is 0 Å². The summed E-state index contributed by atoms with van der Waals surface area (Å²) in [5.74, 6) is 0. The summed E-state index contributed by atoms with van der Waals surface area (Å²) in [6, 6.07) is 17.9. The van der Waals surface area contributed by atoms with Crippen LogP contribution in [-0.4, -0.2) is 23.9 Å². The van der Waals surface area contributed by atoms with Gasteiger partial charge in [0.25, 0.3) is 10.0 Å². The van der Waals surface area contributed by atoms with Crippen LogP contribution in [0.1, 0.15) is 0 Å². The lowest BCUT2D eigenvalue weighted by molar-refractivity contribution is 0.588. The molecule has 25 heavy (non-hydrogen) atoms. The number of benzene rings is 3. The van der Waals surface area contributed by atoms with Gasteiger partial charge in [0.05, 0.1) is 15.5 Å². The molecule has 0 heterocycles. The summed E-state index contributed by atoms with van der Waals surface area (Å²) in [5.41, 5.74) is 0.431. The number of rotatable bonds is 5. The summed E-state index contributed by atoms with van der Waals surface area (Å²) in [4.78, 5) is -0.243. The number of sulfonamides is 2. The highest BCUT2D eigenvalue weighted by Gasteiger charge is 2.19. The lowest BCUT2D eigenvalue weighted by Crippen LogP contribution is -2.19. The van der Waals surface area contributed by atoms with Crippen LogP contribution in [0.2, 0.25) is 0 Å². The van der Waals surface area contributed by atoms with Crippen LogP contribution in [0.25, 0.3) is 10.8 Å². The molecule has 0 unspecified atom stereocenters. The Hall–Kier alpha value is -2.42. The van der Waals surface area contributed by atoms with Crippen LogP contribution >= 0.6 is 0 Å². The summed E-state index contributed by atoms with van der Waals surface area (Å²) >= 11 is 0. The third-order valence-corrected chi connectivity index (χ3v) is 6.50. The molecular weight excluding hydrogens is 360 g/mol. The minimum atomic E-state index is -3.94. The fraction of sp³-hybridized carbons (Fsp3) is 0.0588. The molecule has 3 rings (SSSR count). The van der Waals surface area contributed by atoms with E-state index in [1.807, 2.05) is 30.3 Å². The fourth-order valence-corrected chi connectivity index (χ4v) is 4.42. The summed E-state index contributed by atoms with van der Waals surface area (Å²) < 4.78 is 53.8. The Morgan fingerprint density at radius 3 is 2.04 bits per heavy atom. The van der Waals surface area contributed by atoms with Gasteiger partial charge < -0.3 is 0 Å². The van der Waals surface area contributed by atoms with Crippen molar-refractivity contribution in [3.63, 3.8) is 0 Å². The lowest BCUT2D eigenvalue weighted by Gasteiger charge is -2.11. The second kappa shape index (κ2) is 6.47. The number of hydrogen-bond donors (Lipinski definition) is 2. The first-order valence-corrected chi connectivity index (χ1v) is 10.3. The second-order valence-corrected chi connectivity index (χ2v) is 8.88. The zero-order valence-corrected chi connectivity index (χ0v) is 14.9.